The monoisotopic (exact) mass is 138 g/mol. The van der Waals surface area contributed by atoms with Gasteiger partial charge in [-0.05, 0) is 18.9 Å². The van der Waals surface area contributed by atoms with Crippen LogP contribution in [0.15, 0.2) is 17.8 Å². The van der Waals surface area contributed by atoms with E-state index in [0.717, 1.165) is 5.71 Å². The van der Waals surface area contributed by atoms with Crippen LogP contribution >= 0.6 is 0 Å². The van der Waals surface area contributed by atoms with Gasteiger partial charge in [-0.2, -0.15) is 5.10 Å². The van der Waals surface area contributed by atoms with Crippen LogP contribution in [0.5, 0.6) is 0 Å². The predicted molar refractivity (Wildman–Crippen MR) is 44.0 cm³/mol. The first kappa shape index (κ1) is 7.32. The second kappa shape index (κ2) is 2.86. The van der Waals surface area contributed by atoms with Crippen molar-refractivity contribution >= 4 is 5.71 Å². The van der Waals surface area contributed by atoms with Crippen molar-refractivity contribution in [2.75, 3.05) is 14.1 Å². The Balaban J connectivity index is 2.53. The molecule has 10 heavy (non-hydrogen) atoms. The Morgan fingerprint density at radius 1 is 1.60 bits per heavy atom. The van der Waals surface area contributed by atoms with E-state index in [0.29, 0.717) is 5.92 Å². The van der Waals surface area contributed by atoms with Crippen molar-refractivity contribution < 1.29 is 0 Å². The first-order valence-electron chi connectivity index (χ1n) is 3.62. The van der Waals surface area contributed by atoms with Crippen LogP contribution in [-0.2, 0) is 0 Å². The number of nitrogens with zero attached hydrogens (tertiary/aromatic N) is 2. The van der Waals surface area contributed by atoms with Crippen molar-refractivity contribution in [3.05, 3.63) is 12.7 Å². The summed E-state index contributed by atoms with van der Waals surface area (Å²) in [6, 6.07) is 0. The van der Waals surface area contributed by atoms with Crippen LogP contribution in [0.1, 0.15) is 12.8 Å². The van der Waals surface area contributed by atoms with Gasteiger partial charge in [-0.3, -0.25) is 0 Å². The molecule has 0 aromatic rings. The molecule has 1 fully saturated rings. The summed E-state index contributed by atoms with van der Waals surface area (Å²) >= 11 is 0. The van der Waals surface area contributed by atoms with E-state index >= 15 is 0 Å². The molecule has 0 N–H and O–H groups in total. The molecule has 0 unspecified atom stereocenters. The summed E-state index contributed by atoms with van der Waals surface area (Å²) in [4.78, 5) is 0. The molecule has 0 aliphatic heterocycles. The molecule has 0 aromatic heterocycles. The largest absolute Gasteiger partial charge is 0.303 e. The van der Waals surface area contributed by atoms with Gasteiger partial charge in [0.05, 0.1) is 5.71 Å². The molecular weight excluding hydrogens is 124 g/mol. The molecule has 0 atom stereocenters. The van der Waals surface area contributed by atoms with Gasteiger partial charge in [0.15, 0.2) is 0 Å². The van der Waals surface area contributed by atoms with Crippen molar-refractivity contribution in [1.82, 2.24) is 5.01 Å². The summed E-state index contributed by atoms with van der Waals surface area (Å²) in [6.07, 6.45) is 4.44. The first-order chi connectivity index (χ1) is 4.74. The third-order valence-electron chi connectivity index (χ3n) is 1.52. The zero-order valence-electron chi connectivity index (χ0n) is 6.67. The predicted octanol–water partition coefficient (Wildman–Crippen LogP) is 1.50. The Hall–Kier alpha value is -0.790. The van der Waals surface area contributed by atoms with Gasteiger partial charge >= 0.3 is 0 Å². The molecule has 0 spiro atoms. The Morgan fingerprint density at radius 3 is 2.50 bits per heavy atom. The van der Waals surface area contributed by atoms with Crippen LogP contribution in [0.25, 0.3) is 0 Å². The Kier molecular flexibility index (Phi) is 2.10. The van der Waals surface area contributed by atoms with Crippen LogP contribution in [0.3, 0.4) is 0 Å². The lowest BCUT2D eigenvalue weighted by Crippen LogP contribution is -2.08. The summed E-state index contributed by atoms with van der Waals surface area (Å²) < 4.78 is 0. The molecule has 0 saturated heterocycles. The van der Waals surface area contributed by atoms with E-state index in [-0.39, 0.29) is 0 Å². The van der Waals surface area contributed by atoms with E-state index in [4.69, 9.17) is 0 Å². The van der Waals surface area contributed by atoms with E-state index in [9.17, 15) is 0 Å². The van der Waals surface area contributed by atoms with Crippen LogP contribution in [0.2, 0.25) is 0 Å². The number of allylic oxidation sites excluding steroid dienone is 1. The van der Waals surface area contributed by atoms with Gasteiger partial charge in [0.25, 0.3) is 0 Å². The van der Waals surface area contributed by atoms with Crippen molar-refractivity contribution in [2.24, 2.45) is 11.0 Å². The molecule has 0 aromatic carbocycles. The van der Waals surface area contributed by atoms with Crippen molar-refractivity contribution in [1.29, 1.82) is 0 Å². The second-order valence-corrected chi connectivity index (χ2v) is 2.85. The normalized spacial score (nSPS) is 18.8. The average Bonchev–Trinajstić information content (AvgIpc) is 2.63. The maximum atomic E-state index is 4.29. The van der Waals surface area contributed by atoms with Crippen molar-refractivity contribution in [3.63, 3.8) is 0 Å². The smallest absolute Gasteiger partial charge is 0.0630 e. The molecule has 0 heterocycles. The van der Waals surface area contributed by atoms with Gasteiger partial charge in [-0.25, -0.2) is 0 Å². The third-order valence-corrected chi connectivity index (χ3v) is 1.52. The molecule has 0 radical (unpaired) electrons. The summed E-state index contributed by atoms with van der Waals surface area (Å²) in [5, 5.41) is 6.12. The molecule has 1 saturated carbocycles. The molecular formula is C8H14N2. The lowest BCUT2D eigenvalue weighted by Gasteiger charge is -2.05. The molecule has 1 aliphatic carbocycles. The van der Waals surface area contributed by atoms with Gasteiger partial charge in [-0.1, -0.05) is 6.58 Å². The molecule has 2 nitrogen and oxygen atoms in total. The zero-order valence-corrected chi connectivity index (χ0v) is 6.67. The first-order valence-corrected chi connectivity index (χ1v) is 3.62. The van der Waals surface area contributed by atoms with Crippen molar-refractivity contribution in [3.8, 4) is 0 Å². The topological polar surface area (TPSA) is 15.6 Å². The minimum atomic E-state index is 0.708. The highest BCUT2D eigenvalue weighted by atomic mass is 15.4. The fourth-order valence-electron chi connectivity index (χ4n) is 0.899. The molecule has 1 rings (SSSR count). The second-order valence-electron chi connectivity index (χ2n) is 2.85. The molecule has 0 bridgehead atoms. The standard InChI is InChI=1S/C8H14N2/c1-4-8(7-5-6-7)9-10(2)3/h4,7H,1,5-6H2,2-3H3/b9-8+. The Bertz CT molecular complexity index is 155. The number of hydrogen-bond acceptors (Lipinski definition) is 2. The minimum absolute atomic E-state index is 0.708. The van der Waals surface area contributed by atoms with Gasteiger partial charge in [0, 0.05) is 20.0 Å². The van der Waals surface area contributed by atoms with Crippen LogP contribution < -0.4 is 0 Å². The summed E-state index contributed by atoms with van der Waals surface area (Å²) in [7, 11) is 3.87. The number of hydrazone groups is 1. The van der Waals surface area contributed by atoms with Gasteiger partial charge in [0.1, 0.15) is 0 Å². The molecule has 0 amide bonds. The number of hydrogen-bond donors (Lipinski definition) is 0. The van der Waals surface area contributed by atoms with E-state index < -0.39 is 0 Å². The van der Waals surface area contributed by atoms with Gasteiger partial charge in [-0.15, -0.1) is 0 Å². The highest BCUT2D eigenvalue weighted by Crippen LogP contribution is 2.30. The van der Waals surface area contributed by atoms with E-state index in [1.54, 1.807) is 0 Å². The summed E-state index contributed by atoms with van der Waals surface area (Å²) in [5.74, 6) is 0.708. The maximum absolute atomic E-state index is 4.29. The average molecular weight is 138 g/mol. The molecule has 56 valence electrons. The van der Waals surface area contributed by atoms with Crippen molar-refractivity contribution in [2.45, 2.75) is 12.8 Å². The third kappa shape index (κ3) is 1.87. The van der Waals surface area contributed by atoms with E-state index in [1.807, 2.05) is 25.2 Å². The van der Waals surface area contributed by atoms with E-state index in [1.165, 1.54) is 12.8 Å². The minimum Gasteiger partial charge on any atom is -0.303 e. The fourth-order valence-corrected chi connectivity index (χ4v) is 0.899. The lowest BCUT2D eigenvalue weighted by atomic mass is 10.2. The lowest BCUT2D eigenvalue weighted by molar-refractivity contribution is 0.436. The summed E-state index contributed by atoms with van der Waals surface area (Å²) in [5.41, 5.74) is 1.14. The Labute approximate surface area is 62.2 Å². The highest BCUT2D eigenvalue weighted by molar-refractivity contribution is 5.97. The van der Waals surface area contributed by atoms with Gasteiger partial charge < -0.3 is 5.01 Å². The van der Waals surface area contributed by atoms with E-state index in [2.05, 4.69) is 11.7 Å². The van der Waals surface area contributed by atoms with Crippen LogP contribution in [0, 0.1) is 5.92 Å². The SMILES string of the molecule is C=C/C(=N\N(C)C)C1CC1. The maximum Gasteiger partial charge on any atom is 0.0630 e. The van der Waals surface area contributed by atoms with Crippen LogP contribution in [0.4, 0.5) is 0 Å². The highest BCUT2D eigenvalue weighted by Gasteiger charge is 2.25. The zero-order chi connectivity index (χ0) is 7.56. The number of rotatable bonds is 3. The van der Waals surface area contributed by atoms with Crippen LogP contribution in [-0.4, -0.2) is 24.8 Å². The summed E-state index contributed by atoms with van der Waals surface area (Å²) in [6.45, 7) is 3.72. The van der Waals surface area contributed by atoms with Gasteiger partial charge in [0.2, 0.25) is 0 Å². The fraction of sp³-hybridized carbons (Fsp3) is 0.625. The molecule has 2 heteroatoms. The quantitative estimate of drug-likeness (QED) is 0.426. The molecule has 1 aliphatic rings. The Morgan fingerprint density at radius 2 is 2.20 bits per heavy atom.